The molecule has 0 aliphatic carbocycles. The van der Waals surface area contributed by atoms with Crippen molar-refractivity contribution in [3.05, 3.63) is 83.3 Å². The molecule has 0 spiro atoms. The lowest BCUT2D eigenvalue weighted by Gasteiger charge is -2.10. The predicted octanol–water partition coefficient (Wildman–Crippen LogP) is 5.12. The predicted molar refractivity (Wildman–Crippen MR) is 118 cm³/mol. The molecule has 162 valence electrons. The van der Waals surface area contributed by atoms with Crippen molar-refractivity contribution in [2.75, 3.05) is 5.75 Å². The number of rotatable bonds is 8. The van der Waals surface area contributed by atoms with Gasteiger partial charge in [0.1, 0.15) is 11.6 Å². The summed E-state index contributed by atoms with van der Waals surface area (Å²) in [7, 11) is 0. The number of hydrogen-bond donors (Lipinski definition) is 1. The number of thioether (sulfide) groups is 1. The Balaban J connectivity index is 1.31. The van der Waals surface area contributed by atoms with Gasteiger partial charge in [-0.1, -0.05) is 35.5 Å². The van der Waals surface area contributed by atoms with Crippen molar-refractivity contribution in [1.82, 2.24) is 20.5 Å². The summed E-state index contributed by atoms with van der Waals surface area (Å²) in [4.78, 5) is 16.4. The first-order valence-electron chi connectivity index (χ1n) is 9.43. The highest BCUT2D eigenvalue weighted by Gasteiger charge is 2.13. The summed E-state index contributed by atoms with van der Waals surface area (Å²) >= 11 is 7.00. The second-order valence-corrected chi connectivity index (χ2v) is 7.84. The summed E-state index contributed by atoms with van der Waals surface area (Å²) in [6.07, 6.45) is 1.56. The number of carbonyl (C=O) groups is 1. The van der Waals surface area contributed by atoms with Gasteiger partial charge in [0, 0.05) is 35.0 Å². The first-order valence-corrected chi connectivity index (χ1v) is 10.8. The van der Waals surface area contributed by atoms with Crippen LogP contribution in [0, 0.1) is 5.82 Å². The Morgan fingerprint density at radius 2 is 1.97 bits per heavy atom. The third kappa shape index (κ3) is 5.83. The van der Waals surface area contributed by atoms with Gasteiger partial charge in [0.05, 0.1) is 5.75 Å². The molecule has 7 nitrogen and oxygen atoms in total. The van der Waals surface area contributed by atoms with Crippen molar-refractivity contribution in [1.29, 1.82) is 0 Å². The Morgan fingerprint density at radius 1 is 1.12 bits per heavy atom. The minimum atomic E-state index is -0.412. The maximum atomic E-state index is 13.4. The van der Waals surface area contributed by atoms with Crippen molar-refractivity contribution in [2.24, 2.45) is 0 Å². The first-order chi connectivity index (χ1) is 15.6. The molecule has 0 fully saturated rings. The van der Waals surface area contributed by atoms with Crippen LogP contribution in [0.15, 0.2) is 76.5 Å². The third-order valence-corrected chi connectivity index (χ3v) is 5.23. The summed E-state index contributed by atoms with van der Waals surface area (Å²) in [6.45, 7) is 0.192. The summed E-state index contributed by atoms with van der Waals surface area (Å²) in [5, 5.41) is 11.6. The third-order valence-electron chi connectivity index (χ3n) is 4.16. The number of benzene rings is 2. The monoisotopic (exact) mass is 470 g/mol. The summed E-state index contributed by atoms with van der Waals surface area (Å²) in [5.41, 5.74) is 1.39. The molecule has 10 heteroatoms. The van der Waals surface area contributed by atoms with Crippen LogP contribution in [-0.2, 0) is 11.3 Å². The van der Waals surface area contributed by atoms with E-state index in [1.165, 1.54) is 12.1 Å². The molecule has 0 aliphatic rings. The van der Waals surface area contributed by atoms with E-state index in [4.69, 9.17) is 20.8 Å². The number of ether oxygens (including phenoxy) is 1. The van der Waals surface area contributed by atoms with Crippen LogP contribution in [0.25, 0.3) is 11.5 Å². The molecule has 0 bridgehead atoms. The van der Waals surface area contributed by atoms with Crippen LogP contribution in [-0.4, -0.2) is 26.8 Å². The largest absolute Gasteiger partial charge is 0.439 e. The van der Waals surface area contributed by atoms with Gasteiger partial charge in [0.15, 0.2) is 0 Å². The van der Waals surface area contributed by atoms with Crippen LogP contribution < -0.4 is 10.1 Å². The number of carbonyl (C=O) groups excluding carboxylic acids is 1. The molecule has 0 unspecified atom stereocenters. The van der Waals surface area contributed by atoms with Crippen molar-refractivity contribution in [3.63, 3.8) is 0 Å². The molecule has 4 rings (SSSR count). The van der Waals surface area contributed by atoms with Crippen molar-refractivity contribution in [2.45, 2.75) is 11.8 Å². The minimum absolute atomic E-state index is 0.0859. The maximum absolute atomic E-state index is 13.4. The fraction of sp³-hybridized carbons (Fsp3) is 0.0909. The highest BCUT2D eigenvalue weighted by Crippen LogP contribution is 2.25. The van der Waals surface area contributed by atoms with Crippen molar-refractivity contribution in [3.8, 4) is 23.1 Å². The molecule has 2 aromatic heterocycles. The molecular formula is C22H16ClFN4O3S. The van der Waals surface area contributed by atoms with E-state index in [9.17, 15) is 9.18 Å². The van der Waals surface area contributed by atoms with E-state index < -0.39 is 5.82 Å². The van der Waals surface area contributed by atoms with Crippen LogP contribution in [0.1, 0.15) is 5.56 Å². The average Bonchev–Trinajstić information content (AvgIpc) is 3.27. The molecule has 1 amide bonds. The lowest BCUT2D eigenvalue weighted by atomic mass is 10.2. The van der Waals surface area contributed by atoms with E-state index in [2.05, 4.69) is 20.5 Å². The SMILES string of the molecule is O=C(CSc1nnc(-c2ccc(Cl)cc2)o1)NCc1cccnc1Oc1cccc(F)c1. The molecule has 0 saturated heterocycles. The Hall–Kier alpha value is -3.43. The highest BCUT2D eigenvalue weighted by atomic mass is 35.5. The van der Waals surface area contributed by atoms with Crippen LogP contribution >= 0.6 is 23.4 Å². The van der Waals surface area contributed by atoms with E-state index in [1.807, 2.05) is 0 Å². The smallest absolute Gasteiger partial charge is 0.277 e. The Kier molecular flexibility index (Phi) is 6.98. The number of aromatic nitrogens is 3. The number of pyridine rings is 1. The quantitative estimate of drug-likeness (QED) is 0.357. The van der Waals surface area contributed by atoms with Gasteiger partial charge in [-0.05, 0) is 42.5 Å². The highest BCUT2D eigenvalue weighted by molar-refractivity contribution is 7.99. The molecule has 32 heavy (non-hydrogen) atoms. The Labute approximate surface area is 192 Å². The molecule has 2 aromatic carbocycles. The molecular weight excluding hydrogens is 455 g/mol. The average molecular weight is 471 g/mol. The van der Waals surface area contributed by atoms with Crippen LogP contribution in [0.2, 0.25) is 5.02 Å². The zero-order valence-electron chi connectivity index (χ0n) is 16.5. The molecule has 0 radical (unpaired) electrons. The standard InChI is InChI=1S/C22H16ClFN4O3S/c23-16-8-6-14(7-9-16)21-27-28-22(31-21)32-13-19(29)26-12-15-3-2-10-25-20(15)30-18-5-1-4-17(24)11-18/h1-11H,12-13H2,(H,26,29). The van der Waals surface area contributed by atoms with Gasteiger partial charge >= 0.3 is 0 Å². The number of halogens is 2. The number of nitrogens with zero attached hydrogens (tertiary/aromatic N) is 3. The van der Waals surface area contributed by atoms with Gasteiger partial charge in [-0.2, -0.15) is 0 Å². The van der Waals surface area contributed by atoms with E-state index >= 15 is 0 Å². The second kappa shape index (κ2) is 10.3. The number of hydrogen-bond acceptors (Lipinski definition) is 7. The summed E-state index contributed by atoms with van der Waals surface area (Å²) in [6, 6.07) is 16.3. The zero-order chi connectivity index (χ0) is 22.3. The molecule has 0 saturated carbocycles. The number of nitrogens with one attached hydrogen (secondary N) is 1. The van der Waals surface area contributed by atoms with Crippen LogP contribution in [0.4, 0.5) is 4.39 Å². The lowest BCUT2D eigenvalue weighted by molar-refractivity contribution is -0.118. The molecule has 2 heterocycles. The maximum Gasteiger partial charge on any atom is 0.277 e. The van der Waals surface area contributed by atoms with Crippen LogP contribution in [0.3, 0.4) is 0 Å². The van der Waals surface area contributed by atoms with E-state index in [-0.39, 0.29) is 29.3 Å². The van der Waals surface area contributed by atoms with E-state index in [0.29, 0.717) is 22.2 Å². The second-order valence-electron chi connectivity index (χ2n) is 6.47. The Morgan fingerprint density at radius 3 is 2.78 bits per heavy atom. The molecule has 1 N–H and O–H groups in total. The summed E-state index contributed by atoms with van der Waals surface area (Å²) < 4.78 is 24.6. The molecule has 0 aliphatic heterocycles. The van der Waals surface area contributed by atoms with E-state index in [0.717, 1.165) is 17.3 Å². The zero-order valence-corrected chi connectivity index (χ0v) is 18.1. The first kappa shape index (κ1) is 21.8. The van der Waals surface area contributed by atoms with Gasteiger partial charge in [0.2, 0.25) is 17.7 Å². The summed E-state index contributed by atoms with van der Waals surface area (Å²) in [5.74, 6) is 0.393. The fourth-order valence-corrected chi connectivity index (χ4v) is 3.36. The van der Waals surface area contributed by atoms with Gasteiger partial charge in [-0.25, -0.2) is 9.37 Å². The Bertz CT molecular complexity index is 1220. The molecule has 0 atom stereocenters. The van der Waals surface area contributed by atoms with E-state index in [1.54, 1.807) is 54.7 Å². The molecule has 4 aromatic rings. The lowest BCUT2D eigenvalue weighted by Crippen LogP contribution is -2.24. The van der Waals surface area contributed by atoms with Gasteiger partial charge < -0.3 is 14.5 Å². The minimum Gasteiger partial charge on any atom is -0.439 e. The van der Waals surface area contributed by atoms with Crippen molar-refractivity contribution < 1.29 is 18.3 Å². The van der Waals surface area contributed by atoms with Crippen molar-refractivity contribution >= 4 is 29.3 Å². The van der Waals surface area contributed by atoms with Gasteiger partial charge in [-0.15, -0.1) is 10.2 Å². The fourth-order valence-electron chi connectivity index (χ4n) is 2.64. The normalized spacial score (nSPS) is 10.7. The number of amides is 1. The van der Waals surface area contributed by atoms with Gasteiger partial charge in [0.25, 0.3) is 5.22 Å². The van der Waals surface area contributed by atoms with Gasteiger partial charge in [-0.3, -0.25) is 4.79 Å². The van der Waals surface area contributed by atoms with Crippen LogP contribution in [0.5, 0.6) is 11.6 Å². The topological polar surface area (TPSA) is 90.1 Å².